The first-order chi connectivity index (χ1) is 13.8. The van der Waals surface area contributed by atoms with Crippen LogP contribution in [-0.4, -0.2) is 46.4 Å². The minimum Gasteiger partial charge on any atom is -0.358 e. The fourth-order valence-electron chi connectivity index (χ4n) is 4.08. The number of hydrogen-bond donors (Lipinski definition) is 1. The van der Waals surface area contributed by atoms with Crippen molar-refractivity contribution in [3.05, 3.63) is 71.8 Å². The van der Waals surface area contributed by atoms with Gasteiger partial charge in [-0.05, 0) is 28.1 Å². The molecule has 2 heterocycles. The monoisotopic (exact) mass is 381 g/mol. The maximum absolute atomic E-state index is 14.1. The standard InChI is InChI=1S/C21H25FN6/c1-2-19(21-23-24-25-28(21)16-17-8-4-3-5-9-17)26-12-14-27(15-13-26)20-11-7-6-10-18(20)22/h3-11,19H,2,12-16H2,1H3/p+1/t19-/m1/s1. The van der Waals surface area contributed by atoms with Crippen LogP contribution in [0.3, 0.4) is 0 Å². The van der Waals surface area contributed by atoms with Gasteiger partial charge in [-0.2, -0.15) is 0 Å². The van der Waals surface area contributed by atoms with Gasteiger partial charge in [0.05, 0.1) is 38.4 Å². The van der Waals surface area contributed by atoms with Gasteiger partial charge in [-0.1, -0.05) is 49.4 Å². The third-order valence-electron chi connectivity index (χ3n) is 5.55. The van der Waals surface area contributed by atoms with E-state index in [2.05, 4.69) is 39.5 Å². The summed E-state index contributed by atoms with van der Waals surface area (Å²) in [4.78, 5) is 3.59. The fourth-order valence-corrected chi connectivity index (χ4v) is 4.08. The molecular weight excluding hydrogens is 355 g/mol. The largest absolute Gasteiger partial charge is 0.358 e. The second-order valence-electron chi connectivity index (χ2n) is 7.24. The topological polar surface area (TPSA) is 51.3 Å². The Morgan fingerprint density at radius 1 is 1.04 bits per heavy atom. The highest BCUT2D eigenvalue weighted by Gasteiger charge is 2.32. The molecule has 2 aromatic carbocycles. The highest BCUT2D eigenvalue weighted by molar-refractivity contribution is 5.47. The summed E-state index contributed by atoms with van der Waals surface area (Å²) in [7, 11) is 0. The average Bonchev–Trinajstić information content (AvgIpc) is 3.18. The van der Waals surface area contributed by atoms with Gasteiger partial charge in [0.25, 0.3) is 0 Å². The number of tetrazole rings is 1. The van der Waals surface area contributed by atoms with Crippen molar-refractivity contribution >= 4 is 5.69 Å². The number of hydrogen-bond acceptors (Lipinski definition) is 4. The molecule has 146 valence electrons. The number of halogens is 1. The number of rotatable bonds is 6. The molecule has 1 N–H and O–H groups in total. The molecule has 1 aliphatic heterocycles. The summed E-state index contributed by atoms with van der Waals surface area (Å²) < 4.78 is 16.0. The zero-order chi connectivity index (χ0) is 19.3. The van der Waals surface area contributed by atoms with Crippen LogP contribution in [0, 0.1) is 5.82 Å². The SMILES string of the molecule is CC[C@H](c1nnnn1Cc1ccccc1)[NH+]1CCN(c2ccccc2F)CC1. The minimum absolute atomic E-state index is 0.148. The first kappa shape index (κ1) is 18.6. The van der Waals surface area contributed by atoms with Crippen molar-refractivity contribution < 1.29 is 9.29 Å². The Labute approximate surface area is 164 Å². The number of benzene rings is 2. The van der Waals surface area contributed by atoms with E-state index in [4.69, 9.17) is 0 Å². The summed E-state index contributed by atoms with van der Waals surface area (Å²) in [5.74, 6) is 0.783. The number of anilines is 1. The highest BCUT2D eigenvalue weighted by atomic mass is 19.1. The van der Waals surface area contributed by atoms with Crippen LogP contribution in [0.1, 0.15) is 30.8 Å². The number of aromatic nitrogens is 4. The summed E-state index contributed by atoms with van der Waals surface area (Å²) in [6, 6.07) is 17.5. The number of nitrogens with zero attached hydrogens (tertiary/aromatic N) is 5. The van der Waals surface area contributed by atoms with Crippen LogP contribution in [0.15, 0.2) is 54.6 Å². The van der Waals surface area contributed by atoms with Crippen molar-refractivity contribution in [2.45, 2.75) is 25.9 Å². The van der Waals surface area contributed by atoms with Gasteiger partial charge in [-0.3, -0.25) is 0 Å². The maximum Gasteiger partial charge on any atom is 0.209 e. The van der Waals surface area contributed by atoms with E-state index in [9.17, 15) is 4.39 Å². The lowest BCUT2D eigenvalue weighted by molar-refractivity contribution is -0.933. The molecule has 1 aromatic heterocycles. The third-order valence-corrected chi connectivity index (χ3v) is 5.55. The van der Waals surface area contributed by atoms with Crippen LogP contribution in [0.4, 0.5) is 10.1 Å². The molecule has 0 saturated carbocycles. The van der Waals surface area contributed by atoms with Gasteiger partial charge in [0.15, 0.2) is 0 Å². The highest BCUT2D eigenvalue weighted by Crippen LogP contribution is 2.19. The van der Waals surface area contributed by atoms with Crippen molar-refractivity contribution in [3.63, 3.8) is 0 Å². The van der Waals surface area contributed by atoms with Gasteiger partial charge in [0, 0.05) is 6.42 Å². The minimum atomic E-state index is -0.148. The lowest BCUT2D eigenvalue weighted by Crippen LogP contribution is -3.15. The molecule has 0 amide bonds. The van der Waals surface area contributed by atoms with Gasteiger partial charge >= 0.3 is 0 Å². The van der Waals surface area contributed by atoms with Gasteiger partial charge in [-0.25, -0.2) is 9.07 Å². The predicted octanol–water partition coefficient (Wildman–Crippen LogP) is 1.72. The Hall–Kier alpha value is -2.80. The van der Waals surface area contributed by atoms with Crippen molar-refractivity contribution in [1.29, 1.82) is 0 Å². The van der Waals surface area contributed by atoms with Crippen molar-refractivity contribution in [2.75, 3.05) is 31.1 Å². The molecule has 7 heteroatoms. The number of piperazine rings is 1. The van der Waals surface area contributed by atoms with Gasteiger partial charge in [0.1, 0.15) is 11.9 Å². The summed E-state index contributed by atoms with van der Waals surface area (Å²) in [5, 5.41) is 12.5. The summed E-state index contributed by atoms with van der Waals surface area (Å²) in [6.45, 7) is 6.38. The lowest BCUT2D eigenvalue weighted by atomic mass is 10.1. The molecule has 0 radical (unpaired) electrons. The van der Waals surface area contributed by atoms with Crippen LogP contribution in [-0.2, 0) is 6.54 Å². The summed E-state index contributed by atoms with van der Waals surface area (Å²) in [6.07, 6.45) is 0.962. The zero-order valence-electron chi connectivity index (χ0n) is 16.1. The second-order valence-corrected chi connectivity index (χ2v) is 7.24. The van der Waals surface area contributed by atoms with Gasteiger partial charge in [-0.15, -0.1) is 5.10 Å². The Morgan fingerprint density at radius 2 is 1.75 bits per heavy atom. The van der Waals surface area contributed by atoms with E-state index in [0.29, 0.717) is 12.2 Å². The molecule has 1 fully saturated rings. The Bertz CT molecular complexity index is 889. The molecule has 0 aliphatic carbocycles. The molecule has 1 atom stereocenters. The van der Waals surface area contributed by atoms with Crippen LogP contribution in [0.25, 0.3) is 0 Å². The Morgan fingerprint density at radius 3 is 2.46 bits per heavy atom. The first-order valence-corrected chi connectivity index (χ1v) is 9.90. The van der Waals surface area contributed by atoms with E-state index in [1.165, 1.54) is 16.5 Å². The van der Waals surface area contributed by atoms with Crippen molar-refractivity contribution in [3.8, 4) is 0 Å². The molecule has 4 rings (SSSR count). The first-order valence-electron chi connectivity index (χ1n) is 9.90. The second kappa shape index (κ2) is 8.48. The molecule has 28 heavy (non-hydrogen) atoms. The summed E-state index contributed by atoms with van der Waals surface area (Å²) >= 11 is 0. The number of nitrogens with one attached hydrogen (secondary N) is 1. The van der Waals surface area contributed by atoms with Crippen LogP contribution in [0.2, 0.25) is 0 Å². The number of quaternary nitrogens is 1. The van der Waals surface area contributed by atoms with Crippen molar-refractivity contribution in [2.24, 2.45) is 0 Å². The molecule has 0 bridgehead atoms. The maximum atomic E-state index is 14.1. The van der Waals surface area contributed by atoms with E-state index in [1.807, 2.05) is 35.0 Å². The van der Waals surface area contributed by atoms with Crippen LogP contribution in [0.5, 0.6) is 0 Å². The van der Waals surface area contributed by atoms with E-state index in [1.54, 1.807) is 6.07 Å². The molecule has 6 nitrogen and oxygen atoms in total. The molecular formula is C21H26FN6+. The predicted molar refractivity (Wildman–Crippen MR) is 106 cm³/mol. The molecule has 1 aliphatic rings. The molecule has 0 spiro atoms. The average molecular weight is 381 g/mol. The third kappa shape index (κ3) is 3.89. The fraction of sp³-hybridized carbons (Fsp3) is 0.381. The van der Waals surface area contributed by atoms with E-state index >= 15 is 0 Å². The lowest BCUT2D eigenvalue weighted by Gasteiger charge is -2.37. The normalized spacial score (nSPS) is 16.3. The number of para-hydroxylation sites is 1. The molecule has 0 unspecified atom stereocenters. The van der Waals surface area contributed by atoms with Crippen LogP contribution < -0.4 is 9.80 Å². The van der Waals surface area contributed by atoms with E-state index in [-0.39, 0.29) is 11.9 Å². The smallest absolute Gasteiger partial charge is 0.209 e. The van der Waals surface area contributed by atoms with E-state index < -0.39 is 0 Å². The van der Waals surface area contributed by atoms with Gasteiger partial charge in [0.2, 0.25) is 5.82 Å². The summed E-state index contributed by atoms with van der Waals surface area (Å²) in [5.41, 5.74) is 1.88. The molecule has 3 aromatic rings. The van der Waals surface area contributed by atoms with Gasteiger partial charge < -0.3 is 9.80 Å². The Kier molecular flexibility index (Phi) is 5.62. The zero-order valence-corrected chi connectivity index (χ0v) is 16.1. The Balaban J connectivity index is 1.46. The van der Waals surface area contributed by atoms with Crippen LogP contribution >= 0.6 is 0 Å². The van der Waals surface area contributed by atoms with Crippen molar-refractivity contribution in [1.82, 2.24) is 20.2 Å². The quantitative estimate of drug-likeness (QED) is 0.706. The van der Waals surface area contributed by atoms with E-state index in [0.717, 1.165) is 38.4 Å². The molecule has 1 saturated heterocycles.